The van der Waals surface area contributed by atoms with Crippen molar-refractivity contribution in [3.63, 3.8) is 0 Å². The summed E-state index contributed by atoms with van der Waals surface area (Å²) in [6.07, 6.45) is 8.47. The molecule has 7 rings (SSSR count). The first-order chi connectivity index (χ1) is 21.8. The van der Waals surface area contributed by atoms with E-state index in [4.69, 9.17) is 0 Å². The summed E-state index contributed by atoms with van der Waals surface area (Å²) in [5, 5.41) is 2.56. The Morgan fingerprint density at radius 1 is 0.578 bits per heavy atom. The second-order valence-electron chi connectivity index (χ2n) is 12.1. The molecule has 0 fully saturated rings. The van der Waals surface area contributed by atoms with E-state index in [1.165, 1.54) is 44.2 Å². The average molecular weight is 603 g/mol. The molecular weight excluding hydrogens is 569 g/mol. The Labute approximate surface area is 266 Å². The molecular formula is C42H34O2S. The third-order valence-electron chi connectivity index (χ3n) is 9.06. The largest absolute Gasteiger partial charge is 0.219 e. The van der Waals surface area contributed by atoms with Gasteiger partial charge in [0.15, 0.2) is 0 Å². The van der Waals surface area contributed by atoms with Gasteiger partial charge >= 0.3 is 0 Å². The number of rotatable bonds is 6. The lowest BCUT2D eigenvalue weighted by Gasteiger charge is -2.36. The van der Waals surface area contributed by atoms with Crippen LogP contribution in [0, 0.1) is 0 Å². The molecule has 0 saturated heterocycles. The predicted molar refractivity (Wildman–Crippen MR) is 188 cm³/mol. The quantitative estimate of drug-likeness (QED) is 0.178. The molecule has 0 radical (unpaired) electrons. The van der Waals surface area contributed by atoms with E-state index in [0.29, 0.717) is 9.79 Å². The van der Waals surface area contributed by atoms with E-state index in [1.807, 2.05) is 25.1 Å². The summed E-state index contributed by atoms with van der Waals surface area (Å²) >= 11 is 0. The predicted octanol–water partition coefficient (Wildman–Crippen LogP) is 10.9. The molecule has 0 amide bonds. The molecule has 1 aliphatic rings. The Balaban J connectivity index is 1.33. The van der Waals surface area contributed by atoms with Crippen molar-refractivity contribution in [1.82, 2.24) is 0 Å². The van der Waals surface area contributed by atoms with Crippen LogP contribution in [0.4, 0.5) is 0 Å². The first kappa shape index (κ1) is 28.8. The van der Waals surface area contributed by atoms with E-state index < -0.39 is 9.84 Å². The Morgan fingerprint density at radius 2 is 1.18 bits per heavy atom. The van der Waals surface area contributed by atoms with Crippen molar-refractivity contribution in [2.75, 3.05) is 0 Å². The number of hydrogen-bond donors (Lipinski definition) is 0. The molecule has 0 aliphatic heterocycles. The molecule has 0 bridgehead atoms. The Morgan fingerprint density at radius 3 is 1.89 bits per heavy atom. The smallest absolute Gasteiger partial charge is 0.206 e. The van der Waals surface area contributed by atoms with E-state index in [0.717, 1.165) is 16.7 Å². The maximum Gasteiger partial charge on any atom is 0.206 e. The van der Waals surface area contributed by atoms with Crippen molar-refractivity contribution in [3.8, 4) is 33.4 Å². The minimum atomic E-state index is -3.56. The van der Waals surface area contributed by atoms with Crippen LogP contribution in [0.15, 0.2) is 155 Å². The van der Waals surface area contributed by atoms with Crippen LogP contribution >= 0.6 is 0 Å². The zero-order valence-corrected chi connectivity index (χ0v) is 26.5. The van der Waals surface area contributed by atoms with Gasteiger partial charge in [-0.15, -0.1) is 0 Å². The van der Waals surface area contributed by atoms with Crippen LogP contribution in [0.1, 0.15) is 37.5 Å². The van der Waals surface area contributed by atoms with E-state index in [1.54, 1.807) is 36.4 Å². The lowest BCUT2D eigenvalue weighted by molar-refractivity contribution is 0.596. The summed E-state index contributed by atoms with van der Waals surface area (Å²) in [6.45, 7) is 6.70. The third kappa shape index (κ3) is 4.85. The molecule has 0 spiro atoms. The molecule has 0 aromatic heterocycles. The van der Waals surface area contributed by atoms with Gasteiger partial charge in [-0.25, -0.2) is 8.42 Å². The molecule has 0 unspecified atom stereocenters. The Hall–Kier alpha value is -4.99. The zero-order valence-electron chi connectivity index (χ0n) is 25.7. The maximum atomic E-state index is 13.1. The van der Waals surface area contributed by atoms with Crippen molar-refractivity contribution < 1.29 is 8.42 Å². The summed E-state index contributed by atoms with van der Waals surface area (Å²) in [5.74, 6) is 0. The fourth-order valence-corrected chi connectivity index (χ4v) is 8.03. The van der Waals surface area contributed by atoms with Crippen LogP contribution < -0.4 is 0 Å². The second-order valence-corrected chi connectivity index (χ2v) is 14.0. The van der Waals surface area contributed by atoms with Gasteiger partial charge in [-0.05, 0) is 98.1 Å². The van der Waals surface area contributed by atoms with Crippen molar-refractivity contribution in [3.05, 3.63) is 162 Å². The monoisotopic (exact) mass is 602 g/mol. The highest BCUT2D eigenvalue weighted by atomic mass is 32.2. The van der Waals surface area contributed by atoms with Crippen LogP contribution in [0.25, 0.3) is 50.2 Å². The lowest BCUT2D eigenvalue weighted by Crippen LogP contribution is -2.24. The molecule has 45 heavy (non-hydrogen) atoms. The first-order valence-electron chi connectivity index (χ1n) is 15.3. The van der Waals surface area contributed by atoms with Gasteiger partial charge in [0.05, 0.1) is 9.79 Å². The fraction of sp³-hybridized carbons (Fsp3) is 0.0952. The summed E-state index contributed by atoms with van der Waals surface area (Å²) < 4.78 is 26.1. The number of benzene rings is 6. The minimum absolute atomic E-state index is 0.129. The van der Waals surface area contributed by atoms with Crippen molar-refractivity contribution >= 4 is 26.7 Å². The normalized spacial score (nSPS) is 13.8. The van der Waals surface area contributed by atoms with Gasteiger partial charge < -0.3 is 0 Å². The Kier molecular flexibility index (Phi) is 7.14. The maximum absolute atomic E-state index is 13.1. The second kappa shape index (κ2) is 11.2. The van der Waals surface area contributed by atoms with Crippen molar-refractivity contribution in [2.24, 2.45) is 0 Å². The van der Waals surface area contributed by atoms with Crippen molar-refractivity contribution in [2.45, 2.75) is 36.0 Å². The lowest BCUT2D eigenvalue weighted by atomic mass is 9.67. The van der Waals surface area contributed by atoms with Crippen LogP contribution in [0.3, 0.4) is 0 Å². The van der Waals surface area contributed by atoms with Crippen LogP contribution in [0.5, 0.6) is 0 Å². The zero-order chi connectivity index (χ0) is 31.2. The van der Waals surface area contributed by atoms with Gasteiger partial charge in [-0.3, -0.25) is 0 Å². The number of allylic oxidation sites excluding steroid dienone is 3. The summed E-state index contributed by atoms with van der Waals surface area (Å²) in [7, 11) is -3.56. The SMILES string of the molecule is C/C=C\C=C/c1cc(-c2ccc(-c3ccc(S(=O)(=O)c4ccccc4)cc3)cc2)c2cccc3c2c1-c1ccccc1C3(C)C. The third-order valence-corrected chi connectivity index (χ3v) is 10.8. The fourth-order valence-electron chi connectivity index (χ4n) is 6.74. The summed E-state index contributed by atoms with van der Waals surface area (Å²) in [5.41, 5.74) is 10.7. The average Bonchev–Trinajstić information content (AvgIpc) is 3.08. The van der Waals surface area contributed by atoms with Gasteiger partial charge in [0.1, 0.15) is 0 Å². The Bertz CT molecular complexity index is 2220. The van der Waals surface area contributed by atoms with Crippen LogP contribution in [-0.4, -0.2) is 8.42 Å². The molecule has 2 nitrogen and oxygen atoms in total. The van der Waals surface area contributed by atoms with E-state index in [9.17, 15) is 8.42 Å². The minimum Gasteiger partial charge on any atom is -0.219 e. The molecule has 1 aliphatic carbocycles. The summed E-state index contributed by atoms with van der Waals surface area (Å²) in [4.78, 5) is 0.593. The molecule has 6 aromatic rings. The molecule has 0 saturated carbocycles. The molecule has 0 N–H and O–H groups in total. The summed E-state index contributed by atoms with van der Waals surface area (Å²) in [6, 6.07) is 42.2. The van der Waals surface area contributed by atoms with E-state index >= 15 is 0 Å². The highest BCUT2D eigenvalue weighted by Gasteiger charge is 2.34. The van der Waals surface area contributed by atoms with E-state index in [-0.39, 0.29) is 5.41 Å². The van der Waals surface area contributed by atoms with Crippen molar-refractivity contribution in [1.29, 1.82) is 0 Å². The molecule has 0 heterocycles. The van der Waals surface area contributed by atoms with Gasteiger partial charge in [-0.2, -0.15) is 0 Å². The topological polar surface area (TPSA) is 34.1 Å². The van der Waals surface area contributed by atoms with Crippen LogP contribution in [0.2, 0.25) is 0 Å². The number of fused-ring (bicyclic) bond motifs is 2. The van der Waals surface area contributed by atoms with Gasteiger partial charge in [0, 0.05) is 5.41 Å². The highest BCUT2D eigenvalue weighted by molar-refractivity contribution is 7.91. The van der Waals surface area contributed by atoms with Gasteiger partial charge in [-0.1, -0.05) is 135 Å². The van der Waals surface area contributed by atoms with E-state index in [2.05, 4.69) is 111 Å². The molecule has 3 heteroatoms. The number of sulfone groups is 1. The van der Waals surface area contributed by atoms with Crippen LogP contribution in [-0.2, 0) is 15.3 Å². The molecule has 220 valence electrons. The molecule has 6 aromatic carbocycles. The van der Waals surface area contributed by atoms with Gasteiger partial charge in [0.2, 0.25) is 9.84 Å². The standard InChI is InChI=1S/C42H34O2S/c1-4-5-7-13-32-28-37(35-17-12-19-39-41(35)40(32)36-16-10-11-18-38(36)42(39,2)3)31-22-20-29(21-23-31)30-24-26-34(27-25-30)45(43,44)33-14-8-6-9-15-33/h4-28H,1-3H3/b5-4-,13-7-. The highest BCUT2D eigenvalue weighted by Crippen LogP contribution is 2.51. The number of hydrogen-bond acceptors (Lipinski definition) is 2. The first-order valence-corrected chi connectivity index (χ1v) is 16.8. The molecule has 0 atom stereocenters. The van der Waals surface area contributed by atoms with Gasteiger partial charge in [0.25, 0.3) is 0 Å².